The number of hydrogen-bond acceptors (Lipinski definition) is 3. The van der Waals surface area contributed by atoms with E-state index in [0.29, 0.717) is 24.8 Å². The molecule has 0 spiro atoms. The largest absolute Gasteiger partial charge is 0.481 e. The fourth-order valence-electron chi connectivity index (χ4n) is 4.30. The maximum absolute atomic E-state index is 11.6. The Morgan fingerprint density at radius 1 is 1.20 bits per heavy atom. The minimum Gasteiger partial charge on any atom is -0.481 e. The highest BCUT2D eigenvalue weighted by atomic mass is 16.4. The highest BCUT2D eigenvalue weighted by molar-refractivity contribution is 5.70. The van der Waals surface area contributed by atoms with E-state index >= 15 is 0 Å². The van der Waals surface area contributed by atoms with Gasteiger partial charge in [0.1, 0.15) is 0 Å². The summed E-state index contributed by atoms with van der Waals surface area (Å²) in [6.45, 7) is 2.61. The van der Waals surface area contributed by atoms with E-state index in [-0.39, 0.29) is 11.8 Å². The fourth-order valence-corrected chi connectivity index (χ4v) is 4.30. The van der Waals surface area contributed by atoms with Crippen LogP contribution in [0.4, 0.5) is 0 Å². The van der Waals surface area contributed by atoms with Crippen LogP contribution >= 0.6 is 0 Å². The normalized spacial score (nSPS) is 29.5. The van der Waals surface area contributed by atoms with Gasteiger partial charge in [-0.25, -0.2) is 0 Å². The lowest BCUT2D eigenvalue weighted by molar-refractivity contribution is -0.143. The van der Waals surface area contributed by atoms with Crippen LogP contribution in [-0.2, 0) is 11.8 Å². The van der Waals surface area contributed by atoms with Gasteiger partial charge in [0.05, 0.1) is 12.1 Å². The molecule has 1 saturated carbocycles. The highest BCUT2D eigenvalue weighted by Crippen LogP contribution is 2.48. The van der Waals surface area contributed by atoms with Crippen LogP contribution in [0.5, 0.6) is 0 Å². The molecule has 1 N–H and O–H groups in total. The Morgan fingerprint density at radius 2 is 2.00 bits per heavy atom. The van der Waals surface area contributed by atoms with Crippen molar-refractivity contribution in [1.82, 2.24) is 14.7 Å². The third kappa shape index (κ3) is 3.61. The minimum absolute atomic E-state index is 0.262. The first-order valence-electron chi connectivity index (χ1n) is 9.09. The summed E-state index contributed by atoms with van der Waals surface area (Å²) in [5.41, 5.74) is 2.58. The summed E-state index contributed by atoms with van der Waals surface area (Å²) in [6.07, 6.45) is 5.84. The molecular weight excluding hydrogens is 314 g/mol. The molecule has 1 aromatic carbocycles. The molecule has 25 heavy (non-hydrogen) atoms. The molecule has 0 amide bonds. The van der Waals surface area contributed by atoms with Gasteiger partial charge < -0.3 is 10.0 Å². The molecule has 0 radical (unpaired) electrons. The van der Waals surface area contributed by atoms with Crippen LogP contribution in [0.15, 0.2) is 42.7 Å². The van der Waals surface area contributed by atoms with Gasteiger partial charge in [0.15, 0.2) is 0 Å². The molecule has 1 saturated heterocycles. The van der Waals surface area contributed by atoms with Crippen molar-refractivity contribution in [2.75, 3.05) is 19.6 Å². The number of benzene rings is 1. The quantitative estimate of drug-likeness (QED) is 0.910. The second-order valence-electron chi connectivity index (χ2n) is 7.65. The minimum atomic E-state index is -0.672. The molecule has 2 heterocycles. The number of nitrogens with zero attached hydrogens (tertiary/aromatic N) is 3. The number of carbonyl (C=O) groups is 1. The average molecular weight is 339 g/mol. The fraction of sp³-hybridized carbons (Fsp3) is 0.500. The van der Waals surface area contributed by atoms with Crippen LogP contribution < -0.4 is 0 Å². The Morgan fingerprint density at radius 3 is 2.68 bits per heavy atom. The van der Waals surface area contributed by atoms with Gasteiger partial charge in [-0.2, -0.15) is 5.10 Å². The van der Waals surface area contributed by atoms with Gasteiger partial charge in [0, 0.05) is 38.8 Å². The van der Waals surface area contributed by atoms with Crippen molar-refractivity contribution in [3.63, 3.8) is 0 Å². The molecule has 5 heteroatoms. The third-order valence-electron chi connectivity index (χ3n) is 5.71. The predicted molar refractivity (Wildman–Crippen MR) is 95.4 cm³/mol. The smallest absolute Gasteiger partial charge is 0.307 e. The molecule has 4 rings (SSSR count). The summed E-state index contributed by atoms with van der Waals surface area (Å²) in [5.74, 6) is 0.604. The molecule has 4 unspecified atom stereocenters. The molecule has 2 aromatic rings. The van der Waals surface area contributed by atoms with Gasteiger partial charge in [-0.15, -0.1) is 0 Å². The zero-order chi connectivity index (χ0) is 17.4. The summed E-state index contributed by atoms with van der Waals surface area (Å²) in [4.78, 5) is 14.0. The Bertz CT molecular complexity index is 742. The number of likely N-dealkylation sites (tertiary alicyclic amines) is 1. The first-order chi connectivity index (χ1) is 12.1. The van der Waals surface area contributed by atoms with Crippen LogP contribution in [-0.4, -0.2) is 45.4 Å². The molecule has 5 nitrogen and oxygen atoms in total. The Kier molecular flexibility index (Phi) is 4.34. The molecule has 1 aliphatic carbocycles. The first-order valence-corrected chi connectivity index (χ1v) is 9.09. The monoisotopic (exact) mass is 339 g/mol. The first kappa shape index (κ1) is 16.3. The van der Waals surface area contributed by atoms with Gasteiger partial charge in [0.2, 0.25) is 0 Å². The van der Waals surface area contributed by atoms with Crippen LogP contribution in [0.25, 0.3) is 0 Å². The van der Waals surface area contributed by atoms with Gasteiger partial charge in [0.25, 0.3) is 0 Å². The number of rotatable bonds is 5. The lowest BCUT2D eigenvalue weighted by atomic mass is 9.85. The molecule has 2 fully saturated rings. The Labute approximate surface area is 148 Å². The zero-order valence-electron chi connectivity index (χ0n) is 14.6. The molecule has 132 valence electrons. The lowest BCUT2D eigenvalue weighted by Gasteiger charge is -2.36. The highest BCUT2D eigenvalue weighted by Gasteiger charge is 2.41. The van der Waals surface area contributed by atoms with E-state index in [4.69, 9.17) is 0 Å². The topological polar surface area (TPSA) is 58.4 Å². The summed E-state index contributed by atoms with van der Waals surface area (Å²) in [7, 11) is 1.91. The van der Waals surface area contributed by atoms with Gasteiger partial charge >= 0.3 is 5.97 Å². The number of aliphatic carboxylic acids is 1. The zero-order valence-corrected chi connectivity index (χ0v) is 14.6. The van der Waals surface area contributed by atoms with Gasteiger partial charge in [-0.1, -0.05) is 30.3 Å². The van der Waals surface area contributed by atoms with Crippen molar-refractivity contribution in [3.8, 4) is 0 Å². The van der Waals surface area contributed by atoms with Crippen molar-refractivity contribution in [3.05, 3.63) is 53.9 Å². The van der Waals surface area contributed by atoms with Crippen molar-refractivity contribution in [1.29, 1.82) is 0 Å². The van der Waals surface area contributed by atoms with Crippen molar-refractivity contribution in [2.24, 2.45) is 18.9 Å². The molecular formula is C20H25N3O2. The molecule has 2 aliphatic rings. The van der Waals surface area contributed by atoms with Crippen LogP contribution in [0.2, 0.25) is 0 Å². The van der Waals surface area contributed by atoms with E-state index < -0.39 is 5.97 Å². The van der Waals surface area contributed by atoms with E-state index in [1.54, 1.807) is 4.68 Å². The standard InChI is InChI=1S/C20H25N3O2/c1-22-10-18(9-21-22)15-7-17(20(24)25)13-23(11-15)12-16-8-19(16)14-5-3-2-4-6-14/h2-6,9-10,15-17,19H,7-8,11-13H2,1H3,(H,24,25). The molecule has 1 aliphatic heterocycles. The Balaban J connectivity index is 1.43. The number of carboxylic acid groups (broad SMARTS) is 1. The Hall–Kier alpha value is -2.14. The van der Waals surface area contributed by atoms with Gasteiger partial charge in [-0.05, 0) is 35.8 Å². The van der Waals surface area contributed by atoms with Crippen molar-refractivity contribution < 1.29 is 9.90 Å². The van der Waals surface area contributed by atoms with Crippen LogP contribution in [0, 0.1) is 11.8 Å². The number of aryl methyl sites for hydroxylation is 1. The number of piperidine rings is 1. The van der Waals surface area contributed by atoms with Crippen molar-refractivity contribution >= 4 is 5.97 Å². The lowest BCUT2D eigenvalue weighted by Crippen LogP contribution is -2.43. The second kappa shape index (κ2) is 6.64. The number of hydrogen-bond donors (Lipinski definition) is 1. The number of aromatic nitrogens is 2. The number of carboxylic acids is 1. The van der Waals surface area contributed by atoms with E-state index in [1.165, 1.54) is 12.0 Å². The third-order valence-corrected chi connectivity index (χ3v) is 5.71. The summed E-state index contributed by atoms with van der Waals surface area (Å²) in [5, 5.41) is 13.8. The van der Waals surface area contributed by atoms with Crippen molar-refractivity contribution in [2.45, 2.75) is 24.7 Å². The predicted octanol–water partition coefficient (Wildman–Crippen LogP) is 2.71. The average Bonchev–Trinajstić information content (AvgIpc) is 3.24. The molecule has 4 atom stereocenters. The molecule has 1 aromatic heterocycles. The second-order valence-corrected chi connectivity index (χ2v) is 7.65. The molecule has 0 bridgehead atoms. The van der Waals surface area contributed by atoms with E-state index in [9.17, 15) is 9.90 Å². The summed E-state index contributed by atoms with van der Waals surface area (Å²) >= 11 is 0. The van der Waals surface area contributed by atoms with E-state index in [1.807, 2.05) is 19.4 Å². The van der Waals surface area contributed by atoms with Crippen LogP contribution in [0.1, 0.15) is 35.8 Å². The summed E-state index contributed by atoms with van der Waals surface area (Å²) < 4.78 is 1.80. The van der Waals surface area contributed by atoms with E-state index in [2.05, 4.69) is 40.3 Å². The summed E-state index contributed by atoms with van der Waals surface area (Å²) in [6, 6.07) is 10.7. The van der Waals surface area contributed by atoms with Gasteiger partial charge in [-0.3, -0.25) is 9.48 Å². The van der Waals surface area contributed by atoms with Crippen LogP contribution in [0.3, 0.4) is 0 Å². The maximum Gasteiger partial charge on any atom is 0.307 e. The van der Waals surface area contributed by atoms with E-state index in [0.717, 1.165) is 18.7 Å². The SMILES string of the molecule is Cn1cc(C2CC(C(=O)O)CN(CC3CC3c3ccccc3)C2)cn1. The maximum atomic E-state index is 11.6.